The summed E-state index contributed by atoms with van der Waals surface area (Å²) in [5.74, 6) is -3.32. The Balaban J connectivity index is 1.46. The van der Waals surface area contributed by atoms with Gasteiger partial charge in [0.15, 0.2) is 11.6 Å². The summed E-state index contributed by atoms with van der Waals surface area (Å²) in [6.45, 7) is 4.51. The fraction of sp³-hybridized carbons (Fsp3) is 0.522. The van der Waals surface area contributed by atoms with Crippen LogP contribution in [0, 0.1) is 17.0 Å². The second-order valence-corrected chi connectivity index (χ2v) is 8.40. The number of hydrogen-bond acceptors (Lipinski definition) is 5. The lowest BCUT2D eigenvalue weighted by molar-refractivity contribution is 0.0160. The normalized spacial score (nSPS) is 17.5. The van der Waals surface area contributed by atoms with E-state index in [4.69, 9.17) is 9.47 Å². The third-order valence-electron chi connectivity index (χ3n) is 6.34. The van der Waals surface area contributed by atoms with Crippen LogP contribution in [0.3, 0.4) is 0 Å². The number of hydrogen-bond donors (Lipinski definition) is 1. The molecule has 2 aliphatic rings. The van der Waals surface area contributed by atoms with Crippen molar-refractivity contribution in [1.82, 2.24) is 15.1 Å². The van der Waals surface area contributed by atoms with E-state index in [9.17, 15) is 18.4 Å². The Morgan fingerprint density at radius 1 is 1.31 bits per heavy atom. The summed E-state index contributed by atoms with van der Waals surface area (Å²) in [6.07, 6.45) is 3.45. The van der Waals surface area contributed by atoms with Gasteiger partial charge >= 0.3 is 5.97 Å². The predicted molar refractivity (Wildman–Crippen MR) is 111 cm³/mol. The van der Waals surface area contributed by atoms with Gasteiger partial charge in [0.2, 0.25) is 0 Å². The summed E-state index contributed by atoms with van der Waals surface area (Å²) < 4.78 is 39.5. The molecule has 1 saturated heterocycles. The lowest BCUT2D eigenvalue weighted by Crippen LogP contribution is -2.40. The largest absolute Gasteiger partial charge is 0.462 e. The first-order valence-electron chi connectivity index (χ1n) is 11.0. The van der Waals surface area contributed by atoms with Crippen molar-refractivity contribution in [2.24, 2.45) is 5.41 Å². The fourth-order valence-electron chi connectivity index (χ4n) is 4.51. The smallest absolute Gasteiger partial charge is 0.341 e. The molecule has 1 fully saturated rings. The van der Waals surface area contributed by atoms with Crippen LogP contribution in [0.4, 0.5) is 8.78 Å². The Bertz CT molecular complexity index is 1010. The molecule has 3 heterocycles. The van der Waals surface area contributed by atoms with E-state index in [2.05, 4.69) is 10.4 Å². The average Bonchev–Trinajstić information content (AvgIpc) is 3.07. The minimum atomic E-state index is -1.21. The molecule has 32 heavy (non-hydrogen) atoms. The molecule has 2 aliphatic heterocycles. The zero-order valence-corrected chi connectivity index (χ0v) is 18.1. The first-order chi connectivity index (χ1) is 15.4. The first-order valence-corrected chi connectivity index (χ1v) is 11.0. The summed E-state index contributed by atoms with van der Waals surface area (Å²) >= 11 is 0. The molecule has 1 spiro atoms. The van der Waals surface area contributed by atoms with Crippen LogP contribution in [-0.4, -0.2) is 48.0 Å². The van der Waals surface area contributed by atoms with E-state index in [1.807, 2.05) is 6.92 Å². The van der Waals surface area contributed by atoms with Gasteiger partial charge in [-0.3, -0.25) is 9.48 Å². The molecule has 9 heteroatoms. The summed E-state index contributed by atoms with van der Waals surface area (Å²) in [5, 5.41) is 7.72. The van der Waals surface area contributed by atoms with Crippen LogP contribution >= 0.6 is 0 Å². The van der Waals surface area contributed by atoms with E-state index in [0.29, 0.717) is 44.8 Å². The lowest BCUT2D eigenvalue weighted by atomic mass is 9.75. The number of aryl methyl sites for hydroxylation is 2. The van der Waals surface area contributed by atoms with Crippen LogP contribution in [0.5, 0.6) is 0 Å². The number of aromatic nitrogens is 2. The molecule has 0 aliphatic carbocycles. The SMILES string of the molecule is CCn1nc(CCCOC(=O)c2cccc(F)c2F)c2c1C(=O)NCC1(CCOCC1)C2. The minimum absolute atomic E-state index is 0.0354. The minimum Gasteiger partial charge on any atom is -0.462 e. The third-order valence-corrected chi connectivity index (χ3v) is 6.34. The van der Waals surface area contributed by atoms with Crippen LogP contribution in [0.25, 0.3) is 0 Å². The number of ether oxygens (including phenoxy) is 2. The van der Waals surface area contributed by atoms with Gasteiger partial charge in [0.1, 0.15) is 5.69 Å². The maximum Gasteiger partial charge on any atom is 0.341 e. The maximum atomic E-state index is 13.8. The van der Waals surface area contributed by atoms with Crippen molar-refractivity contribution in [2.45, 2.75) is 45.6 Å². The lowest BCUT2D eigenvalue weighted by Gasteiger charge is -2.36. The molecule has 1 aromatic carbocycles. The van der Waals surface area contributed by atoms with Gasteiger partial charge in [-0.05, 0) is 56.6 Å². The van der Waals surface area contributed by atoms with Crippen molar-refractivity contribution in [1.29, 1.82) is 0 Å². The van der Waals surface area contributed by atoms with Gasteiger partial charge in [-0.15, -0.1) is 0 Å². The Hall–Kier alpha value is -2.81. The average molecular weight is 447 g/mol. The molecule has 4 rings (SSSR count). The molecule has 0 unspecified atom stereocenters. The highest BCUT2D eigenvalue weighted by Crippen LogP contribution is 2.37. The predicted octanol–water partition coefficient (Wildman–Crippen LogP) is 3.05. The number of nitrogens with zero attached hydrogens (tertiary/aromatic N) is 2. The van der Waals surface area contributed by atoms with E-state index in [1.54, 1.807) is 4.68 Å². The Labute approximate surface area is 185 Å². The number of carbonyl (C=O) groups is 2. The summed E-state index contributed by atoms with van der Waals surface area (Å²) in [4.78, 5) is 24.9. The van der Waals surface area contributed by atoms with Gasteiger partial charge in [0, 0.05) is 31.9 Å². The van der Waals surface area contributed by atoms with Crippen LogP contribution in [0.2, 0.25) is 0 Å². The van der Waals surface area contributed by atoms with Crippen molar-refractivity contribution < 1.29 is 27.8 Å². The van der Waals surface area contributed by atoms with Crippen molar-refractivity contribution in [3.8, 4) is 0 Å². The van der Waals surface area contributed by atoms with Gasteiger partial charge in [-0.1, -0.05) is 6.07 Å². The monoisotopic (exact) mass is 447 g/mol. The highest BCUT2D eigenvalue weighted by molar-refractivity contribution is 5.94. The number of halogens is 2. The van der Waals surface area contributed by atoms with E-state index in [1.165, 1.54) is 12.1 Å². The van der Waals surface area contributed by atoms with Crippen molar-refractivity contribution >= 4 is 11.9 Å². The fourth-order valence-corrected chi connectivity index (χ4v) is 4.51. The molecular weight excluding hydrogens is 420 g/mol. The standard InChI is InChI=1S/C23H27F2N3O4/c1-2-28-20-16(13-23(14-26-21(20)29)8-11-31-12-9-23)18(27-28)7-4-10-32-22(30)15-5-3-6-17(24)19(15)25/h3,5-6H,2,4,7-14H2,1H3,(H,26,29). The topological polar surface area (TPSA) is 82.5 Å². The quantitative estimate of drug-likeness (QED) is 0.544. The Morgan fingerprint density at radius 2 is 2.09 bits per heavy atom. The maximum absolute atomic E-state index is 13.8. The number of rotatable bonds is 6. The molecule has 0 bridgehead atoms. The molecule has 1 amide bonds. The van der Waals surface area contributed by atoms with Crippen LogP contribution < -0.4 is 5.32 Å². The van der Waals surface area contributed by atoms with E-state index in [0.717, 1.165) is 36.6 Å². The highest BCUT2D eigenvalue weighted by atomic mass is 19.2. The number of benzene rings is 1. The van der Waals surface area contributed by atoms with E-state index in [-0.39, 0.29) is 17.9 Å². The van der Waals surface area contributed by atoms with Crippen LogP contribution in [0.1, 0.15) is 58.3 Å². The third kappa shape index (κ3) is 4.39. The van der Waals surface area contributed by atoms with Crippen molar-refractivity contribution in [2.75, 3.05) is 26.4 Å². The van der Waals surface area contributed by atoms with Crippen molar-refractivity contribution in [3.05, 3.63) is 52.3 Å². The summed E-state index contributed by atoms with van der Waals surface area (Å²) in [5.41, 5.74) is 1.90. The highest BCUT2D eigenvalue weighted by Gasteiger charge is 2.39. The molecule has 172 valence electrons. The van der Waals surface area contributed by atoms with Crippen molar-refractivity contribution in [3.63, 3.8) is 0 Å². The molecule has 1 N–H and O–H groups in total. The summed E-state index contributed by atoms with van der Waals surface area (Å²) in [7, 11) is 0. The van der Waals surface area contributed by atoms with Gasteiger partial charge in [0.25, 0.3) is 5.91 Å². The number of fused-ring (bicyclic) bond motifs is 1. The molecule has 1 aromatic heterocycles. The molecular formula is C23H27F2N3O4. The first kappa shape index (κ1) is 22.4. The van der Waals surface area contributed by atoms with Gasteiger partial charge in [0.05, 0.1) is 17.9 Å². The van der Waals surface area contributed by atoms with Gasteiger partial charge in [-0.25, -0.2) is 13.6 Å². The van der Waals surface area contributed by atoms with E-state index < -0.39 is 23.2 Å². The zero-order valence-electron chi connectivity index (χ0n) is 18.1. The van der Waals surface area contributed by atoms with E-state index >= 15 is 0 Å². The second-order valence-electron chi connectivity index (χ2n) is 8.40. The molecule has 2 aromatic rings. The Morgan fingerprint density at radius 3 is 2.84 bits per heavy atom. The number of amides is 1. The summed E-state index contributed by atoms with van der Waals surface area (Å²) in [6, 6.07) is 3.40. The van der Waals surface area contributed by atoms with Gasteiger partial charge < -0.3 is 14.8 Å². The number of esters is 1. The number of carbonyl (C=O) groups excluding carboxylic acids is 2. The molecule has 0 saturated carbocycles. The molecule has 0 atom stereocenters. The second kappa shape index (κ2) is 9.36. The molecule has 7 nitrogen and oxygen atoms in total. The van der Waals surface area contributed by atoms with Gasteiger partial charge in [-0.2, -0.15) is 5.10 Å². The zero-order chi connectivity index (χ0) is 22.7. The van der Waals surface area contributed by atoms with Crippen LogP contribution in [0.15, 0.2) is 18.2 Å². The number of nitrogens with one attached hydrogen (secondary N) is 1. The molecule has 0 radical (unpaired) electrons. The van der Waals surface area contributed by atoms with Crippen LogP contribution in [-0.2, 0) is 28.9 Å². The Kier molecular flexibility index (Phi) is 6.55.